The Bertz CT molecular complexity index is 1210. The first-order chi connectivity index (χ1) is 15.3. The van der Waals surface area contributed by atoms with Crippen LogP contribution in [-0.2, 0) is 5.41 Å². The average molecular weight is 455 g/mol. The van der Waals surface area contributed by atoms with Crippen LogP contribution in [0.5, 0.6) is 0 Å². The van der Waals surface area contributed by atoms with Gasteiger partial charge in [-0.25, -0.2) is 9.37 Å². The zero-order chi connectivity index (χ0) is 22.6. The highest BCUT2D eigenvalue weighted by molar-refractivity contribution is 6.34. The van der Waals surface area contributed by atoms with E-state index in [-0.39, 0.29) is 28.3 Å². The summed E-state index contributed by atoms with van der Waals surface area (Å²) in [5.74, 6) is -0.448. The van der Waals surface area contributed by atoms with E-state index in [9.17, 15) is 4.79 Å². The lowest BCUT2D eigenvalue weighted by Gasteiger charge is -2.25. The Kier molecular flexibility index (Phi) is 4.85. The number of fused-ring (bicyclic) bond motifs is 2. The van der Waals surface area contributed by atoms with Crippen molar-refractivity contribution in [1.29, 1.82) is 0 Å². The maximum atomic E-state index is 15.5. The molecule has 7 nitrogen and oxygen atoms in total. The third-order valence-electron chi connectivity index (χ3n) is 6.71. The zero-order valence-electron chi connectivity index (χ0n) is 17.9. The summed E-state index contributed by atoms with van der Waals surface area (Å²) < 4.78 is 17.5. The lowest BCUT2D eigenvalue weighted by Crippen LogP contribution is -2.26. The number of nitrogens with two attached hydrogens (primary N) is 1. The minimum Gasteiger partial charge on any atom is -0.398 e. The molecule has 1 amide bonds. The first-order valence-electron chi connectivity index (χ1n) is 10.5. The van der Waals surface area contributed by atoms with E-state index in [0.717, 1.165) is 37.2 Å². The summed E-state index contributed by atoms with van der Waals surface area (Å²) >= 11 is 6.94. The summed E-state index contributed by atoms with van der Waals surface area (Å²) in [6.07, 6.45) is 8.10. The number of carbonyl (C=O) groups is 1. The predicted molar refractivity (Wildman–Crippen MR) is 122 cm³/mol. The smallest absolute Gasteiger partial charge is 0.258 e. The molecule has 0 saturated heterocycles. The maximum Gasteiger partial charge on any atom is 0.258 e. The molecule has 32 heavy (non-hydrogen) atoms. The molecule has 2 atom stereocenters. The first kappa shape index (κ1) is 20.8. The number of amides is 1. The molecular weight excluding hydrogens is 431 g/mol. The van der Waals surface area contributed by atoms with Gasteiger partial charge in [0.25, 0.3) is 5.91 Å². The van der Waals surface area contributed by atoms with Crippen molar-refractivity contribution in [2.45, 2.75) is 30.7 Å². The number of rotatable bonds is 3. The predicted octanol–water partition coefficient (Wildman–Crippen LogP) is 4.11. The van der Waals surface area contributed by atoms with Gasteiger partial charge in [-0.1, -0.05) is 11.6 Å². The van der Waals surface area contributed by atoms with Gasteiger partial charge in [0.2, 0.25) is 0 Å². The number of nitrogens with zero attached hydrogens (tertiary/aromatic N) is 4. The van der Waals surface area contributed by atoms with Crippen LogP contribution >= 0.6 is 11.6 Å². The number of benzene rings is 1. The molecule has 3 heterocycles. The van der Waals surface area contributed by atoms with Crippen LogP contribution in [0.15, 0.2) is 36.8 Å². The summed E-state index contributed by atoms with van der Waals surface area (Å²) in [7, 11) is 3.12. The fourth-order valence-electron chi connectivity index (χ4n) is 5.08. The molecule has 3 N–H and O–H groups in total. The average Bonchev–Trinajstić information content (AvgIpc) is 3.50. The molecule has 1 aliphatic carbocycles. The van der Waals surface area contributed by atoms with Crippen LogP contribution in [0.1, 0.15) is 41.2 Å². The van der Waals surface area contributed by atoms with Gasteiger partial charge in [-0.3, -0.25) is 9.48 Å². The van der Waals surface area contributed by atoms with Gasteiger partial charge in [0.1, 0.15) is 11.6 Å². The Balaban J connectivity index is 1.60. The molecule has 0 unspecified atom stereocenters. The van der Waals surface area contributed by atoms with Gasteiger partial charge in [0.05, 0.1) is 16.6 Å². The third-order valence-corrected chi connectivity index (χ3v) is 7.10. The molecule has 1 aromatic carbocycles. The van der Waals surface area contributed by atoms with Crippen molar-refractivity contribution in [3.05, 3.63) is 58.8 Å². The number of carbonyl (C=O) groups excluding carboxylic acids is 1. The molecule has 1 fully saturated rings. The van der Waals surface area contributed by atoms with Crippen LogP contribution in [0.25, 0.3) is 11.1 Å². The number of halogens is 2. The number of anilines is 2. The van der Waals surface area contributed by atoms with Crippen LogP contribution in [0.3, 0.4) is 0 Å². The van der Waals surface area contributed by atoms with E-state index in [2.05, 4.69) is 15.4 Å². The first-order valence-corrected chi connectivity index (χ1v) is 10.9. The van der Waals surface area contributed by atoms with Crippen molar-refractivity contribution >= 4 is 29.0 Å². The second-order valence-electron chi connectivity index (χ2n) is 8.82. The van der Waals surface area contributed by atoms with Crippen molar-refractivity contribution in [1.82, 2.24) is 19.7 Å². The molecule has 1 saturated carbocycles. The van der Waals surface area contributed by atoms with Crippen LogP contribution < -0.4 is 11.1 Å². The Morgan fingerprint density at radius 2 is 2.19 bits per heavy atom. The molecule has 1 aliphatic heterocycles. The quantitative estimate of drug-likeness (QED) is 0.581. The zero-order valence-corrected chi connectivity index (χ0v) is 18.7. The van der Waals surface area contributed by atoms with Crippen molar-refractivity contribution < 1.29 is 9.18 Å². The maximum absolute atomic E-state index is 15.5. The molecule has 0 bridgehead atoms. The van der Waals surface area contributed by atoms with Gasteiger partial charge >= 0.3 is 0 Å². The van der Waals surface area contributed by atoms with E-state index in [0.29, 0.717) is 10.6 Å². The number of aromatic nitrogens is 3. The molecular formula is C23H24ClFN6O. The minimum absolute atomic E-state index is 0.0891. The number of pyridine rings is 1. The Morgan fingerprint density at radius 3 is 2.91 bits per heavy atom. The number of nitrogen functional groups attached to an aromatic ring is 1. The second kappa shape index (κ2) is 7.48. The van der Waals surface area contributed by atoms with E-state index in [1.54, 1.807) is 32.6 Å². The lowest BCUT2D eigenvalue weighted by atomic mass is 9.80. The van der Waals surface area contributed by atoms with Gasteiger partial charge < -0.3 is 16.0 Å². The van der Waals surface area contributed by atoms with E-state index >= 15 is 4.39 Å². The Hall–Kier alpha value is -3.13. The minimum atomic E-state index is -0.687. The third kappa shape index (κ3) is 3.04. The van der Waals surface area contributed by atoms with E-state index < -0.39 is 11.7 Å². The van der Waals surface area contributed by atoms with E-state index in [1.165, 1.54) is 11.0 Å². The molecule has 9 heteroatoms. The summed E-state index contributed by atoms with van der Waals surface area (Å²) in [6.45, 7) is 0.727. The van der Waals surface area contributed by atoms with Gasteiger partial charge in [0.15, 0.2) is 0 Å². The fourth-order valence-corrected chi connectivity index (χ4v) is 5.52. The normalized spacial score (nSPS) is 21.6. The number of hydrogen-bond acceptors (Lipinski definition) is 5. The summed E-state index contributed by atoms with van der Waals surface area (Å²) in [6, 6.07) is 5.29. The van der Waals surface area contributed by atoms with Crippen LogP contribution in [0.2, 0.25) is 5.02 Å². The molecule has 0 radical (unpaired) electrons. The summed E-state index contributed by atoms with van der Waals surface area (Å²) in [5, 5.41) is 8.26. The Labute approximate surface area is 190 Å². The molecule has 166 valence electrons. The van der Waals surface area contributed by atoms with Crippen LogP contribution in [0.4, 0.5) is 15.9 Å². The summed E-state index contributed by atoms with van der Waals surface area (Å²) in [4.78, 5) is 18.4. The highest BCUT2D eigenvalue weighted by atomic mass is 35.5. The van der Waals surface area contributed by atoms with Gasteiger partial charge in [-0.15, -0.1) is 0 Å². The molecule has 5 rings (SSSR count). The van der Waals surface area contributed by atoms with E-state index in [1.807, 2.05) is 16.9 Å². The molecule has 2 aromatic heterocycles. The SMILES string of the molecule is CN(C)C(=O)c1c(N)ccc(-c2cnc3c(c2Cl)[C@]2(CC[C@H](n4cccn4)C2)CN3)c1F. The largest absolute Gasteiger partial charge is 0.398 e. The number of nitrogens with one attached hydrogen (secondary N) is 1. The van der Waals surface area contributed by atoms with E-state index in [4.69, 9.17) is 17.3 Å². The molecule has 1 spiro atoms. The van der Waals surface area contributed by atoms with Crippen LogP contribution in [0, 0.1) is 5.82 Å². The number of hydrogen-bond donors (Lipinski definition) is 2. The van der Waals surface area contributed by atoms with Gasteiger partial charge in [0, 0.05) is 67.0 Å². The highest BCUT2D eigenvalue weighted by Crippen LogP contribution is 2.54. The van der Waals surface area contributed by atoms with Crippen molar-refractivity contribution in [3.63, 3.8) is 0 Å². The topological polar surface area (TPSA) is 89.1 Å². The van der Waals surface area contributed by atoms with Crippen molar-refractivity contribution in [2.75, 3.05) is 31.7 Å². The van der Waals surface area contributed by atoms with Crippen LogP contribution in [-0.4, -0.2) is 46.2 Å². The fraction of sp³-hybridized carbons (Fsp3) is 0.348. The van der Waals surface area contributed by atoms with Gasteiger partial charge in [-0.2, -0.15) is 5.10 Å². The summed E-state index contributed by atoms with van der Waals surface area (Å²) in [5.41, 5.74) is 7.27. The van der Waals surface area contributed by atoms with Gasteiger partial charge in [-0.05, 0) is 37.5 Å². The Morgan fingerprint density at radius 1 is 1.38 bits per heavy atom. The monoisotopic (exact) mass is 454 g/mol. The van der Waals surface area contributed by atoms with Crippen molar-refractivity contribution in [2.24, 2.45) is 0 Å². The highest BCUT2D eigenvalue weighted by Gasteiger charge is 2.48. The van der Waals surface area contributed by atoms with Crippen molar-refractivity contribution in [3.8, 4) is 11.1 Å². The standard InChI is InChI=1S/C23H24ClFN6O/c1-30(2)22(32)17-16(26)5-4-14(20(17)25)15-11-27-21-18(19(15)24)23(12-28-21)7-6-13(10-23)31-9-3-8-29-31/h3-5,8-9,11,13H,6-7,10,12,26H2,1-2H3,(H,27,28)/t13-,23-/m0/s1. The molecule has 3 aromatic rings. The molecule has 2 aliphatic rings. The second-order valence-corrected chi connectivity index (χ2v) is 9.19. The lowest BCUT2D eigenvalue weighted by molar-refractivity contribution is 0.0824.